The topological polar surface area (TPSA) is 88.9 Å². The number of methoxy groups -OCH3 is 2. The number of carbonyl (C=O) groups is 1. The highest BCUT2D eigenvalue weighted by molar-refractivity contribution is 6.13. The SMILES string of the molecule is C=C(O)/C(C(=O)/C=C/c1cccc(O)c1)=C(/OC)c1cnccc1COC.CC.CC. The van der Waals surface area contributed by atoms with Gasteiger partial charge in [0, 0.05) is 25.1 Å². The Labute approximate surface area is 185 Å². The summed E-state index contributed by atoms with van der Waals surface area (Å²) in [5, 5.41) is 19.5. The molecule has 1 aromatic carbocycles. The van der Waals surface area contributed by atoms with Crippen molar-refractivity contribution in [2.24, 2.45) is 0 Å². The average molecular weight is 428 g/mol. The number of phenolic OH excluding ortho intramolecular Hbond substituents is 1. The van der Waals surface area contributed by atoms with Crippen LogP contribution in [0.4, 0.5) is 0 Å². The molecule has 0 aliphatic carbocycles. The molecule has 0 aliphatic heterocycles. The van der Waals surface area contributed by atoms with Crippen molar-refractivity contribution in [1.82, 2.24) is 4.98 Å². The Morgan fingerprint density at radius 1 is 1.16 bits per heavy atom. The van der Waals surface area contributed by atoms with Crippen molar-refractivity contribution in [2.45, 2.75) is 34.3 Å². The molecule has 0 spiro atoms. The predicted octanol–water partition coefficient (Wildman–Crippen LogP) is 5.70. The number of hydrogen-bond acceptors (Lipinski definition) is 6. The maximum absolute atomic E-state index is 12.7. The third kappa shape index (κ3) is 8.48. The Hall–Kier alpha value is -3.38. The number of aromatic hydroxyl groups is 1. The molecule has 6 nitrogen and oxygen atoms in total. The zero-order valence-corrected chi connectivity index (χ0v) is 19.2. The first-order valence-electron chi connectivity index (χ1n) is 10.1. The van der Waals surface area contributed by atoms with Crippen LogP contribution >= 0.6 is 0 Å². The van der Waals surface area contributed by atoms with E-state index in [2.05, 4.69) is 11.6 Å². The van der Waals surface area contributed by atoms with Crippen LogP contribution in [0, 0.1) is 0 Å². The van der Waals surface area contributed by atoms with Gasteiger partial charge in [0.1, 0.15) is 22.8 Å². The van der Waals surface area contributed by atoms with Crippen LogP contribution in [0.15, 0.2) is 66.7 Å². The van der Waals surface area contributed by atoms with Gasteiger partial charge in [0.2, 0.25) is 0 Å². The van der Waals surface area contributed by atoms with E-state index >= 15 is 0 Å². The van der Waals surface area contributed by atoms with Crippen LogP contribution in [0.3, 0.4) is 0 Å². The van der Waals surface area contributed by atoms with Crippen molar-refractivity contribution in [1.29, 1.82) is 0 Å². The molecule has 0 atom stereocenters. The van der Waals surface area contributed by atoms with Gasteiger partial charge in [-0.05, 0) is 35.4 Å². The first-order valence-corrected chi connectivity index (χ1v) is 10.1. The number of aliphatic hydroxyl groups is 1. The highest BCUT2D eigenvalue weighted by Gasteiger charge is 2.21. The number of nitrogens with zero attached hydrogens (tertiary/aromatic N) is 1. The maximum atomic E-state index is 12.7. The standard InChI is InChI=1S/C21H21NO5.2C2H6/c1-14(23)20(19(25)8-7-15-5-4-6-17(24)11-15)21(27-3)18-12-22-10-9-16(18)13-26-2;2*1-2/h4-12,23-24H,1,13H2,2-3H3;2*1-2H3/b8-7+,21-20-;;. The van der Waals surface area contributed by atoms with Crippen molar-refractivity contribution >= 4 is 17.6 Å². The maximum Gasteiger partial charge on any atom is 0.193 e. The summed E-state index contributed by atoms with van der Waals surface area (Å²) in [7, 11) is 2.95. The summed E-state index contributed by atoms with van der Waals surface area (Å²) < 4.78 is 10.6. The molecule has 0 amide bonds. The molecule has 0 bridgehead atoms. The third-order valence-corrected chi connectivity index (χ3v) is 3.72. The molecule has 0 unspecified atom stereocenters. The lowest BCUT2D eigenvalue weighted by Gasteiger charge is -2.14. The van der Waals surface area contributed by atoms with E-state index in [1.165, 1.54) is 37.6 Å². The van der Waals surface area contributed by atoms with E-state index in [4.69, 9.17) is 9.47 Å². The van der Waals surface area contributed by atoms with Crippen LogP contribution in [-0.2, 0) is 20.9 Å². The molecule has 0 aliphatic rings. The minimum absolute atomic E-state index is 0.0840. The molecule has 2 rings (SSSR count). The summed E-state index contributed by atoms with van der Waals surface area (Å²) >= 11 is 0. The summed E-state index contributed by atoms with van der Waals surface area (Å²) in [4.78, 5) is 16.8. The highest BCUT2D eigenvalue weighted by Crippen LogP contribution is 2.27. The van der Waals surface area contributed by atoms with Gasteiger partial charge in [-0.25, -0.2) is 0 Å². The van der Waals surface area contributed by atoms with Crippen molar-refractivity contribution in [3.63, 3.8) is 0 Å². The Kier molecular flexibility index (Phi) is 13.8. The molecular formula is C25H33NO5. The molecule has 0 fully saturated rings. The van der Waals surface area contributed by atoms with E-state index in [9.17, 15) is 15.0 Å². The summed E-state index contributed by atoms with van der Waals surface area (Å²) in [5.41, 5.74) is 1.81. The number of rotatable bonds is 8. The normalized spacial score (nSPS) is 10.8. The zero-order chi connectivity index (χ0) is 23.8. The number of aromatic nitrogens is 1. The van der Waals surface area contributed by atoms with E-state index in [0.717, 1.165) is 5.56 Å². The lowest BCUT2D eigenvalue weighted by atomic mass is 10.0. The first-order chi connectivity index (χ1) is 15.0. The second-order valence-electron chi connectivity index (χ2n) is 5.61. The van der Waals surface area contributed by atoms with Gasteiger partial charge in [-0.2, -0.15) is 0 Å². The molecule has 0 radical (unpaired) electrons. The molecule has 6 heteroatoms. The number of carbonyl (C=O) groups excluding carboxylic acids is 1. The van der Waals surface area contributed by atoms with Gasteiger partial charge < -0.3 is 19.7 Å². The van der Waals surface area contributed by atoms with Crippen molar-refractivity contribution in [3.8, 4) is 5.75 Å². The lowest BCUT2D eigenvalue weighted by molar-refractivity contribution is -0.111. The van der Waals surface area contributed by atoms with Crippen LogP contribution in [0.2, 0.25) is 0 Å². The van der Waals surface area contributed by atoms with Crippen LogP contribution in [0.5, 0.6) is 5.75 Å². The fourth-order valence-electron chi connectivity index (χ4n) is 2.52. The van der Waals surface area contributed by atoms with Gasteiger partial charge in [0.05, 0.1) is 13.7 Å². The summed E-state index contributed by atoms with van der Waals surface area (Å²) in [6.07, 6.45) is 5.93. The predicted molar refractivity (Wildman–Crippen MR) is 125 cm³/mol. The molecule has 0 saturated carbocycles. The number of benzene rings is 1. The summed E-state index contributed by atoms with van der Waals surface area (Å²) in [6, 6.07) is 8.17. The first kappa shape index (κ1) is 27.6. The number of allylic oxidation sites excluding steroid dienone is 2. The van der Waals surface area contributed by atoms with E-state index in [0.29, 0.717) is 11.1 Å². The van der Waals surface area contributed by atoms with Gasteiger partial charge in [0.25, 0.3) is 0 Å². The molecule has 1 heterocycles. The minimum atomic E-state index is -0.505. The minimum Gasteiger partial charge on any atom is -0.508 e. The smallest absolute Gasteiger partial charge is 0.193 e. The van der Waals surface area contributed by atoms with Gasteiger partial charge in [-0.1, -0.05) is 52.5 Å². The Bertz CT molecular complexity index is 900. The number of pyridine rings is 1. The highest BCUT2D eigenvalue weighted by atomic mass is 16.5. The second-order valence-corrected chi connectivity index (χ2v) is 5.61. The van der Waals surface area contributed by atoms with Crippen molar-refractivity contribution in [3.05, 3.63) is 83.4 Å². The molecule has 2 N–H and O–H groups in total. The van der Waals surface area contributed by atoms with Crippen LogP contribution in [-0.4, -0.2) is 35.2 Å². The number of ketones is 1. The van der Waals surface area contributed by atoms with Crippen molar-refractivity contribution in [2.75, 3.05) is 14.2 Å². The largest absolute Gasteiger partial charge is 0.508 e. The molecular weight excluding hydrogens is 394 g/mol. The van der Waals surface area contributed by atoms with Crippen molar-refractivity contribution < 1.29 is 24.5 Å². The molecule has 0 saturated heterocycles. The number of aliphatic hydroxyl groups excluding tert-OH is 1. The fraction of sp³-hybridized carbons (Fsp3) is 0.280. The average Bonchev–Trinajstić information content (AvgIpc) is 2.79. The molecule has 168 valence electrons. The van der Waals surface area contributed by atoms with Crippen LogP contribution in [0.25, 0.3) is 11.8 Å². The summed E-state index contributed by atoms with van der Waals surface area (Å²) in [5.74, 6) is -0.697. The molecule has 31 heavy (non-hydrogen) atoms. The Morgan fingerprint density at radius 3 is 2.39 bits per heavy atom. The second kappa shape index (κ2) is 15.5. The van der Waals surface area contributed by atoms with Gasteiger partial charge in [-0.3, -0.25) is 9.78 Å². The van der Waals surface area contributed by atoms with Gasteiger partial charge in [-0.15, -0.1) is 0 Å². The van der Waals surface area contributed by atoms with Gasteiger partial charge in [0.15, 0.2) is 5.78 Å². The number of hydrogen-bond donors (Lipinski definition) is 2. The lowest BCUT2D eigenvalue weighted by Crippen LogP contribution is -2.08. The third-order valence-electron chi connectivity index (χ3n) is 3.72. The van der Waals surface area contributed by atoms with E-state index < -0.39 is 11.5 Å². The van der Waals surface area contributed by atoms with E-state index in [-0.39, 0.29) is 23.7 Å². The van der Waals surface area contributed by atoms with Crippen LogP contribution < -0.4 is 0 Å². The Morgan fingerprint density at radius 2 is 1.84 bits per heavy atom. The number of phenols is 1. The molecule has 1 aromatic heterocycles. The fourth-order valence-corrected chi connectivity index (χ4v) is 2.52. The van der Waals surface area contributed by atoms with Crippen LogP contribution in [0.1, 0.15) is 44.4 Å². The zero-order valence-electron chi connectivity index (χ0n) is 19.2. The van der Waals surface area contributed by atoms with E-state index in [1.54, 1.807) is 31.5 Å². The summed E-state index contributed by atoms with van der Waals surface area (Å²) in [6.45, 7) is 11.8. The molecule has 2 aromatic rings. The van der Waals surface area contributed by atoms with E-state index in [1.807, 2.05) is 27.7 Å². The Balaban J connectivity index is 0.00000212. The monoisotopic (exact) mass is 427 g/mol. The quantitative estimate of drug-likeness (QED) is 0.319. The van der Waals surface area contributed by atoms with Gasteiger partial charge >= 0.3 is 0 Å². The number of ether oxygens (including phenoxy) is 2.